The number of rotatable bonds is 2. The fourth-order valence-electron chi connectivity index (χ4n) is 1.64. The molecule has 1 heterocycles. The predicted molar refractivity (Wildman–Crippen MR) is 67.1 cm³/mol. The van der Waals surface area contributed by atoms with Gasteiger partial charge in [-0.1, -0.05) is 23.2 Å². The molecule has 20 heavy (non-hydrogen) atoms. The van der Waals surface area contributed by atoms with Gasteiger partial charge in [-0.3, -0.25) is 29.8 Å². The standard InChI is InChI=1S/C9H3Cl2N3O6/c10-9(11)7(15)4-1-3(13(17)18)2-5(14(19)20)6(4)12-8(9)16/h1-2H,(H,12,16). The van der Waals surface area contributed by atoms with Crippen molar-refractivity contribution in [3.8, 4) is 0 Å². The zero-order valence-corrected chi connectivity index (χ0v) is 10.8. The van der Waals surface area contributed by atoms with Gasteiger partial charge in [0.05, 0.1) is 21.5 Å². The van der Waals surface area contributed by atoms with Gasteiger partial charge in [0.25, 0.3) is 21.6 Å². The van der Waals surface area contributed by atoms with Crippen molar-refractivity contribution < 1.29 is 19.4 Å². The lowest BCUT2D eigenvalue weighted by molar-refractivity contribution is -0.393. The number of halogens is 2. The maximum Gasteiger partial charge on any atom is 0.300 e. The summed E-state index contributed by atoms with van der Waals surface area (Å²) < 4.78 is -2.49. The zero-order chi connectivity index (χ0) is 15.2. The van der Waals surface area contributed by atoms with Gasteiger partial charge in [-0.05, 0) is 0 Å². The largest absolute Gasteiger partial charge is 0.317 e. The van der Waals surface area contributed by atoms with Crippen molar-refractivity contribution in [3.63, 3.8) is 0 Å². The van der Waals surface area contributed by atoms with E-state index in [1.54, 1.807) is 0 Å². The van der Waals surface area contributed by atoms with Gasteiger partial charge in [0.2, 0.25) is 5.78 Å². The zero-order valence-electron chi connectivity index (χ0n) is 9.25. The number of carbonyl (C=O) groups is 2. The second-order valence-electron chi connectivity index (χ2n) is 3.76. The molecule has 1 aliphatic rings. The Labute approximate surface area is 119 Å². The summed E-state index contributed by atoms with van der Waals surface area (Å²) in [6.07, 6.45) is 0. The van der Waals surface area contributed by atoms with Crippen LogP contribution >= 0.6 is 23.2 Å². The molecule has 11 heteroatoms. The number of alkyl halides is 2. The van der Waals surface area contributed by atoms with Crippen LogP contribution < -0.4 is 5.32 Å². The molecular weight excluding hydrogens is 317 g/mol. The summed E-state index contributed by atoms with van der Waals surface area (Å²) in [6, 6.07) is 1.39. The molecule has 0 saturated heterocycles. The van der Waals surface area contributed by atoms with Crippen LogP contribution in [0.1, 0.15) is 10.4 Å². The van der Waals surface area contributed by atoms with Gasteiger partial charge in [-0.2, -0.15) is 0 Å². The molecule has 0 aromatic heterocycles. The maximum absolute atomic E-state index is 11.9. The van der Waals surface area contributed by atoms with Crippen molar-refractivity contribution in [2.75, 3.05) is 5.32 Å². The normalized spacial score (nSPS) is 16.3. The van der Waals surface area contributed by atoms with E-state index in [9.17, 15) is 29.8 Å². The van der Waals surface area contributed by atoms with Crippen LogP contribution in [0, 0.1) is 20.2 Å². The summed E-state index contributed by atoms with van der Waals surface area (Å²) in [6.45, 7) is 0. The Balaban J connectivity index is 2.79. The van der Waals surface area contributed by atoms with Gasteiger partial charge in [-0.25, -0.2) is 0 Å². The van der Waals surface area contributed by atoms with Crippen LogP contribution in [0.5, 0.6) is 0 Å². The second-order valence-corrected chi connectivity index (χ2v) is 5.09. The number of carbonyl (C=O) groups excluding carboxylic acids is 2. The highest BCUT2D eigenvalue weighted by Crippen LogP contribution is 2.41. The first-order chi connectivity index (χ1) is 9.16. The lowest BCUT2D eigenvalue weighted by Crippen LogP contribution is -2.44. The predicted octanol–water partition coefficient (Wildman–Crippen LogP) is 1.81. The van der Waals surface area contributed by atoms with Crippen LogP contribution in [-0.4, -0.2) is 25.9 Å². The number of ketones is 1. The summed E-state index contributed by atoms with van der Waals surface area (Å²) >= 11 is 11.1. The number of fused-ring (bicyclic) bond motifs is 1. The average Bonchev–Trinajstić information content (AvgIpc) is 2.35. The van der Waals surface area contributed by atoms with Crippen LogP contribution in [0.2, 0.25) is 0 Å². The summed E-state index contributed by atoms with van der Waals surface area (Å²) in [7, 11) is 0. The first kappa shape index (κ1) is 14.2. The van der Waals surface area contributed by atoms with Crippen molar-refractivity contribution in [2.24, 2.45) is 0 Å². The minimum absolute atomic E-state index is 0.465. The fourth-order valence-corrected chi connectivity index (χ4v) is 1.93. The minimum Gasteiger partial charge on any atom is -0.317 e. The molecule has 1 aromatic rings. The molecule has 0 spiro atoms. The first-order valence-corrected chi connectivity index (χ1v) is 5.62. The smallest absolute Gasteiger partial charge is 0.300 e. The number of nitrogens with one attached hydrogen (secondary N) is 1. The monoisotopic (exact) mass is 319 g/mol. The highest BCUT2D eigenvalue weighted by atomic mass is 35.5. The number of nitro benzene ring substituents is 2. The molecule has 0 unspecified atom stereocenters. The van der Waals surface area contributed by atoms with Crippen LogP contribution in [0.15, 0.2) is 12.1 Å². The van der Waals surface area contributed by atoms with Gasteiger partial charge < -0.3 is 5.32 Å². The van der Waals surface area contributed by atoms with Gasteiger partial charge in [-0.15, -0.1) is 0 Å². The Morgan fingerprint density at radius 3 is 2.20 bits per heavy atom. The number of non-ortho nitro benzene ring substituents is 1. The average molecular weight is 320 g/mol. The quantitative estimate of drug-likeness (QED) is 0.382. The van der Waals surface area contributed by atoms with E-state index in [1.165, 1.54) is 0 Å². The van der Waals surface area contributed by atoms with Gasteiger partial charge >= 0.3 is 0 Å². The number of nitrogens with zero attached hydrogens (tertiary/aromatic N) is 2. The number of benzene rings is 1. The molecule has 0 bridgehead atoms. The molecule has 0 atom stereocenters. The van der Waals surface area contributed by atoms with Crippen molar-refractivity contribution >= 4 is 52.0 Å². The molecule has 0 radical (unpaired) electrons. The van der Waals surface area contributed by atoms with E-state index in [2.05, 4.69) is 0 Å². The van der Waals surface area contributed by atoms with E-state index in [4.69, 9.17) is 23.2 Å². The van der Waals surface area contributed by atoms with Crippen molar-refractivity contribution in [1.82, 2.24) is 0 Å². The number of hydrogen-bond donors (Lipinski definition) is 1. The van der Waals surface area contributed by atoms with Crippen molar-refractivity contribution in [3.05, 3.63) is 37.9 Å². The van der Waals surface area contributed by atoms with E-state index in [1.807, 2.05) is 5.32 Å². The Morgan fingerprint density at radius 2 is 1.70 bits per heavy atom. The SMILES string of the molecule is O=C1Nc2c(cc([N+](=O)[O-])cc2[N+](=O)[O-])C(=O)C1(Cl)Cl. The third-order valence-corrected chi connectivity index (χ3v) is 3.25. The second kappa shape index (κ2) is 4.39. The van der Waals surface area contributed by atoms with Gasteiger partial charge in [0, 0.05) is 6.07 Å². The highest BCUT2D eigenvalue weighted by Gasteiger charge is 2.49. The molecule has 1 aliphatic heterocycles. The van der Waals surface area contributed by atoms with Crippen molar-refractivity contribution in [1.29, 1.82) is 0 Å². The molecule has 1 aromatic carbocycles. The van der Waals surface area contributed by atoms with E-state index < -0.39 is 48.5 Å². The van der Waals surface area contributed by atoms with Crippen LogP contribution in [0.25, 0.3) is 0 Å². The number of amides is 1. The van der Waals surface area contributed by atoms with Gasteiger partial charge in [0.1, 0.15) is 5.69 Å². The molecule has 1 amide bonds. The Bertz CT molecular complexity index is 687. The lowest BCUT2D eigenvalue weighted by atomic mass is 9.99. The van der Waals surface area contributed by atoms with Crippen LogP contribution in [-0.2, 0) is 4.79 Å². The van der Waals surface area contributed by atoms with Gasteiger partial charge in [0.15, 0.2) is 0 Å². The lowest BCUT2D eigenvalue weighted by Gasteiger charge is -2.24. The van der Waals surface area contributed by atoms with Crippen molar-refractivity contribution in [2.45, 2.75) is 4.33 Å². The Hall–Kier alpha value is -2.26. The Kier molecular flexibility index (Phi) is 3.11. The summed E-state index contributed by atoms with van der Waals surface area (Å²) in [5.41, 5.74) is -2.44. The molecule has 2 rings (SSSR count). The molecule has 0 aliphatic carbocycles. The molecule has 9 nitrogen and oxygen atoms in total. The number of Topliss-reactive ketones (excluding diaryl/α,β-unsaturated/α-hetero) is 1. The topological polar surface area (TPSA) is 132 Å². The number of nitro groups is 2. The summed E-state index contributed by atoms with van der Waals surface area (Å²) in [5.74, 6) is -2.32. The summed E-state index contributed by atoms with van der Waals surface area (Å²) in [4.78, 5) is 43.2. The number of anilines is 1. The van der Waals surface area contributed by atoms with E-state index in [-0.39, 0.29) is 0 Å². The first-order valence-electron chi connectivity index (χ1n) is 4.87. The third kappa shape index (κ3) is 1.96. The third-order valence-electron chi connectivity index (χ3n) is 2.56. The molecule has 0 fully saturated rings. The maximum atomic E-state index is 11.9. The van der Waals surface area contributed by atoms with E-state index >= 15 is 0 Å². The Morgan fingerprint density at radius 1 is 1.10 bits per heavy atom. The van der Waals surface area contributed by atoms with Crippen LogP contribution in [0.4, 0.5) is 17.1 Å². The minimum atomic E-state index is -2.49. The molecular formula is C9H3Cl2N3O6. The molecule has 1 N–H and O–H groups in total. The fraction of sp³-hybridized carbons (Fsp3) is 0.111. The molecule has 0 saturated carbocycles. The number of hydrogen-bond acceptors (Lipinski definition) is 6. The van der Waals surface area contributed by atoms with E-state index in [0.717, 1.165) is 6.07 Å². The molecule has 104 valence electrons. The summed E-state index contributed by atoms with van der Waals surface area (Å²) in [5, 5.41) is 23.6. The van der Waals surface area contributed by atoms with E-state index in [0.29, 0.717) is 6.07 Å². The van der Waals surface area contributed by atoms with Crippen LogP contribution in [0.3, 0.4) is 0 Å². The highest BCUT2D eigenvalue weighted by molar-refractivity contribution is 6.71.